The van der Waals surface area contributed by atoms with Crippen molar-refractivity contribution in [2.45, 2.75) is 18.4 Å². The first-order valence-electron chi connectivity index (χ1n) is 7.38. The van der Waals surface area contributed by atoms with Gasteiger partial charge in [0.05, 0.1) is 10.6 Å². The first-order chi connectivity index (χ1) is 10.6. The number of rotatable bonds is 5. The molecule has 0 saturated heterocycles. The SMILES string of the molecule is CC(Cn1ccc2ccccc21)CS(=O)(=O)c1ccccc1. The highest BCUT2D eigenvalue weighted by atomic mass is 32.2. The fourth-order valence-electron chi connectivity index (χ4n) is 2.79. The highest BCUT2D eigenvalue weighted by Crippen LogP contribution is 2.19. The summed E-state index contributed by atoms with van der Waals surface area (Å²) < 4.78 is 27.0. The van der Waals surface area contributed by atoms with Crippen LogP contribution < -0.4 is 0 Å². The largest absolute Gasteiger partial charge is 0.347 e. The van der Waals surface area contributed by atoms with Crippen LogP contribution in [-0.2, 0) is 16.4 Å². The fourth-order valence-corrected chi connectivity index (χ4v) is 4.41. The second-order valence-corrected chi connectivity index (χ2v) is 7.76. The molecule has 1 aromatic heterocycles. The van der Waals surface area contributed by atoms with E-state index in [-0.39, 0.29) is 11.7 Å². The Bertz CT molecular complexity index is 866. The Hall–Kier alpha value is -2.07. The number of sulfone groups is 1. The van der Waals surface area contributed by atoms with E-state index in [0.29, 0.717) is 11.4 Å². The molecule has 2 aromatic carbocycles. The van der Waals surface area contributed by atoms with E-state index in [0.717, 1.165) is 5.52 Å². The minimum atomic E-state index is -3.23. The van der Waals surface area contributed by atoms with Gasteiger partial charge in [0.25, 0.3) is 0 Å². The van der Waals surface area contributed by atoms with Crippen LogP contribution in [-0.4, -0.2) is 18.7 Å². The van der Waals surface area contributed by atoms with Crippen molar-refractivity contribution in [1.82, 2.24) is 4.57 Å². The number of fused-ring (bicyclic) bond motifs is 1. The van der Waals surface area contributed by atoms with Crippen molar-refractivity contribution in [2.24, 2.45) is 5.92 Å². The van der Waals surface area contributed by atoms with Gasteiger partial charge in [0.2, 0.25) is 0 Å². The zero-order chi connectivity index (χ0) is 15.6. The fraction of sp³-hybridized carbons (Fsp3) is 0.222. The molecule has 22 heavy (non-hydrogen) atoms. The molecule has 0 aliphatic heterocycles. The number of para-hydroxylation sites is 1. The Kier molecular flexibility index (Phi) is 4.03. The lowest BCUT2D eigenvalue weighted by molar-refractivity contribution is 0.519. The van der Waals surface area contributed by atoms with Crippen LogP contribution in [0.2, 0.25) is 0 Å². The van der Waals surface area contributed by atoms with E-state index in [9.17, 15) is 8.42 Å². The van der Waals surface area contributed by atoms with Gasteiger partial charge in [0.15, 0.2) is 9.84 Å². The molecule has 0 spiro atoms. The molecular formula is C18H19NO2S. The highest BCUT2D eigenvalue weighted by molar-refractivity contribution is 7.91. The molecule has 0 bridgehead atoms. The van der Waals surface area contributed by atoms with Crippen molar-refractivity contribution in [3.8, 4) is 0 Å². The molecule has 0 amide bonds. The summed E-state index contributed by atoms with van der Waals surface area (Å²) in [6.07, 6.45) is 2.02. The minimum Gasteiger partial charge on any atom is -0.347 e. The lowest BCUT2D eigenvalue weighted by Gasteiger charge is -2.14. The third-order valence-electron chi connectivity index (χ3n) is 3.79. The molecule has 0 aliphatic rings. The van der Waals surface area contributed by atoms with Crippen molar-refractivity contribution in [1.29, 1.82) is 0 Å². The van der Waals surface area contributed by atoms with Crippen LogP contribution in [0.25, 0.3) is 10.9 Å². The summed E-state index contributed by atoms with van der Waals surface area (Å²) in [7, 11) is -3.23. The Balaban J connectivity index is 1.77. The molecule has 3 rings (SSSR count). The molecule has 1 atom stereocenters. The smallest absolute Gasteiger partial charge is 0.178 e. The zero-order valence-corrected chi connectivity index (χ0v) is 13.3. The number of benzene rings is 2. The Morgan fingerprint density at radius 2 is 1.64 bits per heavy atom. The molecule has 0 N–H and O–H groups in total. The third-order valence-corrected chi connectivity index (χ3v) is 5.79. The van der Waals surface area contributed by atoms with Crippen LogP contribution in [0.4, 0.5) is 0 Å². The molecule has 3 aromatic rings. The topological polar surface area (TPSA) is 39.1 Å². The molecule has 1 heterocycles. The molecule has 114 valence electrons. The van der Waals surface area contributed by atoms with Crippen molar-refractivity contribution in [3.63, 3.8) is 0 Å². The van der Waals surface area contributed by atoms with Crippen molar-refractivity contribution in [3.05, 3.63) is 66.9 Å². The van der Waals surface area contributed by atoms with Crippen LogP contribution in [0.1, 0.15) is 6.92 Å². The van der Waals surface area contributed by atoms with Gasteiger partial charge in [-0.25, -0.2) is 8.42 Å². The second-order valence-electron chi connectivity index (χ2n) is 5.73. The quantitative estimate of drug-likeness (QED) is 0.719. The predicted octanol–water partition coefficient (Wildman–Crippen LogP) is 3.75. The maximum absolute atomic E-state index is 12.4. The number of aromatic nitrogens is 1. The maximum atomic E-state index is 12.4. The van der Waals surface area contributed by atoms with E-state index < -0.39 is 9.84 Å². The standard InChI is InChI=1S/C18H19NO2S/c1-15(14-22(20,21)17-8-3-2-4-9-17)13-19-12-11-16-7-5-6-10-18(16)19/h2-12,15H,13-14H2,1H3. The van der Waals surface area contributed by atoms with Gasteiger partial charge in [-0.05, 0) is 35.6 Å². The van der Waals surface area contributed by atoms with E-state index in [2.05, 4.69) is 22.8 Å². The van der Waals surface area contributed by atoms with Gasteiger partial charge in [-0.1, -0.05) is 43.3 Å². The highest BCUT2D eigenvalue weighted by Gasteiger charge is 2.18. The van der Waals surface area contributed by atoms with Gasteiger partial charge in [-0.3, -0.25) is 0 Å². The molecule has 0 saturated carbocycles. The average Bonchev–Trinajstić information content (AvgIpc) is 2.91. The molecule has 0 aliphatic carbocycles. The van der Waals surface area contributed by atoms with E-state index in [1.165, 1.54) is 5.39 Å². The number of nitrogens with zero attached hydrogens (tertiary/aromatic N) is 1. The minimum absolute atomic E-state index is 0.0426. The molecule has 4 heteroatoms. The first kappa shape index (κ1) is 14.9. The summed E-state index contributed by atoms with van der Waals surface area (Å²) in [6, 6.07) is 18.9. The van der Waals surface area contributed by atoms with E-state index in [4.69, 9.17) is 0 Å². The van der Waals surface area contributed by atoms with E-state index in [1.54, 1.807) is 24.3 Å². The lowest BCUT2D eigenvalue weighted by atomic mass is 10.2. The molecule has 3 nitrogen and oxygen atoms in total. The zero-order valence-electron chi connectivity index (χ0n) is 12.5. The van der Waals surface area contributed by atoms with Gasteiger partial charge in [0, 0.05) is 18.3 Å². The summed E-state index contributed by atoms with van der Waals surface area (Å²) >= 11 is 0. The second kappa shape index (κ2) is 5.97. The average molecular weight is 313 g/mol. The van der Waals surface area contributed by atoms with Crippen LogP contribution >= 0.6 is 0 Å². The van der Waals surface area contributed by atoms with Crippen LogP contribution in [0, 0.1) is 5.92 Å². The van der Waals surface area contributed by atoms with Gasteiger partial charge in [0.1, 0.15) is 0 Å². The molecule has 0 radical (unpaired) electrons. The third kappa shape index (κ3) is 3.07. The van der Waals surface area contributed by atoms with Gasteiger partial charge >= 0.3 is 0 Å². The first-order valence-corrected chi connectivity index (χ1v) is 9.03. The summed E-state index contributed by atoms with van der Waals surface area (Å²) in [4.78, 5) is 0.402. The summed E-state index contributed by atoms with van der Waals surface area (Å²) in [5.41, 5.74) is 1.14. The van der Waals surface area contributed by atoms with Gasteiger partial charge < -0.3 is 4.57 Å². The normalized spacial score (nSPS) is 13.3. The van der Waals surface area contributed by atoms with E-state index >= 15 is 0 Å². The molecule has 1 unspecified atom stereocenters. The van der Waals surface area contributed by atoms with Crippen LogP contribution in [0.3, 0.4) is 0 Å². The Morgan fingerprint density at radius 1 is 0.955 bits per heavy atom. The van der Waals surface area contributed by atoms with Crippen LogP contribution in [0.5, 0.6) is 0 Å². The Labute approximate surface area is 131 Å². The van der Waals surface area contributed by atoms with Gasteiger partial charge in [-0.15, -0.1) is 0 Å². The summed E-state index contributed by atoms with van der Waals surface area (Å²) in [6.45, 7) is 2.68. The Morgan fingerprint density at radius 3 is 2.41 bits per heavy atom. The van der Waals surface area contributed by atoms with Crippen LogP contribution in [0.15, 0.2) is 71.8 Å². The lowest BCUT2D eigenvalue weighted by Crippen LogP contribution is -2.18. The van der Waals surface area contributed by atoms with Crippen molar-refractivity contribution < 1.29 is 8.42 Å². The summed E-state index contributed by atoms with van der Waals surface area (Å²) in [5, 5.41) is 1.18. The van der Waals surface area contributed by atoms with Gasteiger partial charge in [-0.2, -0.15) is 0 Å². The van der Waals surface area contributed by atoms with Crippen molar-refractivity contribution in [2.75, 3.05) is 5.75 Å². The molecule has 0 fully saturated rings. The number of hydrogen-bond donors (Lipinski definition) is 0. The van der Waals surface area contributed by atoms with E-state index in [1.807, 2.05) is 31.3 Å². The van der Waals surface area contributed by atoms with Crippen molar-refractivity contribution >= 4 is 20.7 Å². The summed E-state index contributed by atoms with van der Waals surface area (Å²) in [5.74, 6) is 0.199. The monoisotopic (exact) mass is 313 g/mol. The maximum Gasteiger partial charge on any atom is 0.178 e. The predicted molar refractivity (Wildman–Crippen MR) is 89.6 cm³/mol. The number of hydrogen-bond acceptors (Lipinski definition) is 2. The molecular weight excluding hydrogens is 294 g/mol.